The summed E-state index contributed by atoms with van der Waals surface area (Å²) in [5.41, 5.74) is 4.20. The van der Waals surface area contributed by atoms with Gasteiger partial charge in [0.25, 0.3) is 0 Å². The van der Waals surface area contributed by atoms with Crippen LogP contribution in [0.2, 0.25) is 0 Å². The molecule has 0 bridgehead atoms. The van der Waals surface area contributed by atoms with Crippen LogP contribution < -0.4 is 4.74 Å². The Hall–Kier alpha value is -2.55. The highest BCUT2D eigenvalue weighted by Gasteiger charge is 2.05. The molecule has 22 heavy (non-hydrogen) atoms. The first kappa shape index (κ1) is 15.8. The standard InChI is InChI=1S/C19H20O3/c1-4-14(13-19(20)22-3)15-8-10-16(11-9-15)17-6-5-7-18(12-17)21-2/h5-13H,4H2,1-3H3/b14-13+. The van der Waals surface area contributed by atoms with E-state index in [1.807, 2.05) is 55.5 Å². The van der Waals surface area contributed by atoms with E-state index in [0.717, 1.165) is 34.4 Å². The molecule has 0 fully saturated rings. The maximum Gasteiger partial charge on any atom is 0.330 e. The Morgan fingerprint density at radius 3 is 2.36 bits per heavy atom. The van der Waals surface area contributed by atoms with Gasteiger partial charge in [0.1, 0.15) is 5.75 Å². The third kappa shape index (κ3) is 3.76. The second-order valence-electron chi connectivity index (χ2n) is 4.86. The second kappa shape index (κ2) is 7.46. The summed E-state index contributed by atoms with van der Waals surface area (Å²) in [5, 5.41) is 0. The average Bonchev–Trinajstić information content (AvgIpc) is 2.59. The van der Waals surface area contributed by atoms with Gasteiger partial charge < -0.3 is 9.47 Å². The van der Waals surface area contributed by atoms with Gasteiger partial charge in [0.15, 0.2) is 0 Å². The summed E-state index contributed by atoms with van der Waals surface area (Å²) in [7, 11) is 3.05. The van der Waals surface area contributed by atoms with Crippen molar-refractivity contribution >= 4 is 11.5 Å². The van der Waals surface area contributed by atoms with E-state index >= 15 is 0 Å². The lowest BCUT2D eigenvalue weighted by molar-refractivity contribution is -0.134. The Bertz CT molecular complexity index is 669. The zero-order chi connectivity index (χ0) is 15.9. The predicted molar refractivity (Wildman–Crippen MR) is 88.7 cm³/mol. The Balaban J connectivity index is 2.29. The molecule has 0 aliphatic heterocycles. The first-order valence-electron chi connectivity index (χ1n) is 7.21. The fraction of sp³-hybridized carbons (Fsp3) is 0.211. The highest BCUT2D eigenvalue weighted by Crippen LogP contribution is 2.26. The van der Waals surface area contributed by atoms with Gasteiger partial charge in [-0.1, -0.05) is 43.3 Å². The molecule has 0 aromatic heterocycles. The Labute approximate surface area is 131 Å². The highest BCUT2D eigenvalue weighted by atomic mass is 16.5. The average molecular weight is 296 g/mol. The third-order valence-electron chi connectivity index (χ3n) is 3.53. The maximum atomic E-state index is 11.4. The smallest absolute Gasteiger partial charge is 0.330 e. The number of methoxy groups -OCH3 is 2. The molecule has 3 nitrogen and oxygen atoms in total. The van der Waals surface area contributed by atoms with Crippen molar-refractivity contribution in [1.29, 1.82) is 0 Å². The molecule has 0 saturated heterocycles. The molecule has 0 heterocycles. The second-order valence-corrected chi connectivity index (χ2v) is 4.86. The largest absolute Gasteiger partial charge is 0.497 e. The molecule has 0 radical (unpaired) electrons. The summed E-state index contributed by atoms with van der Waals surface area (Å²) in [4.78, 5) is 11.4. The van der Waals surface area contributed by atoms with E-state index in [0.29, 0.717) is 0 Å². The third-order valence-corrected chi connectivity index (χ3v) is 3.53. The van der Waals surface area contributed by atoms with E-state index < -0.39 is 0 Å². The first-order chi connectivity index (χ1) is 10.7. The van der Waals surface area contributed by atoms with Crippen molar-refractivity contribution in [3.05, 3.63) is 60.2 Å². The van der Waals surface area contributed by atoms with Gasteiger partial charge in [0.05, 0.1) is 14.2 Å². The minimum absolute atomic E-state index is 0.325. The number of hydrogen-bond donors (Lipinski definition) is 0. The number of carbonyl (C=O) groups is 1. The van der Waals surface area contributed by atoms with Crippen LogP contribution in [0.25, 0.3) is 16.7 Å². The molecular weight excluding hydrogens is 276 g/mol. The SMILES string of the molecule is CC/C(=C\C(=O)OC)c1ccc(-c2cccc(OC)c2)cc1. The molecule has 2 aromatic rings. The first-order valence-corrected chi connectivity index (χ1v) is 7.21. The van der Waals surface area contributed by atoms with Crippen LogP contribution in [0, 0.1) is 0 Å². The van der Waals surface area contributed by atoms with Crippen LogP contribution in [0.15, 0.2) is 54.6 Å². The molecule has 0 unspecified atom stereocenters. The van der Waals surface area contributed by atoms with Crippen molar-refractivity contribution in [3.8, 4) is 16.9 Å². The van der Waals surface area contributed by atoms with E-state index in [4.69, 9.17) is 9.47 Å². The minimum Gasteiger partial charge on any atom is -0.497 e. The van der Waals surface area contributed by atoms with E-state index in [1.165, 1.54) is 7.11 Å². The molecule has 0 amide bonds. The highest BCUT2D eigenvalue weighted by molar-refractivity contribution is 5.91. The van der Waals surface area contributed by atoms with E-state index in [2.05, 4.69) is 0 Å². The zero-order valence-corrected chi connectivity index (χ0v) is 13.1. The number of hydrogen-bond acceptors (Lipinski definition) is 3. The number of allylic oxidation sites excluding steroid dienone is 1. The Morgan fingerprint density at radius 2 is 1.77 bits per heavy atom. The van der Waals surface area contributed by atoms with Crippen LogP contribution >= 0.6 is 0 Å². The molecule has 0 aliphatic carbocycles. The van der Waals surface area contributed by atoms with Crippen LogP contribution in [0.5, 0.6) is 5.75 Å². The topological polar surface area (TPSA) is 35.5 Å². The van der Waals surface area contributed by atoms with Crippen molar-refractivity contribution in [3.63, 3.8) is 0 Å². The van der Waals surface area contributed by atoms with Crippen LogP contribution in [0.3, 0.4) is 0 Å². The zero-order valence-electron chi connectivity index (χ0n) is 13.1. The number of benzene rings is 2. The van der Waals surface area contributed by atoms with Gasteiger partial charge in [-0.3, -0.25) is 0 Å². The molecule has 0 spiro atoms. The molecule has 0 N–H and O–H groups in total. The summed E-state index contributed by atoms with van der Waals surface area (Å²) in [6, 6.07) is 16.1. The Kier molecular flexibility index (Phi) is 5.37. The molecule has 114 valence electrons. The van der Waals surface area contributed by atoms with Crippen molar-refractivity contribution in [2.45, 2.75) is 13.3 Å². The normalized spacial score (nSPS) is 11.1. The van der Waals surface area contributed by atoms with Gasteiger partial charge in [-0.25, -0.2) is 4.79 Å². The lowest BCUT2D eigenvalue weighted by atomic mass is 9.99. The van der Waals surface area contributed by atoms with Gasteiger partial charge in [-0.05, 0) is 40.8 Å². The summed E-state index contributed by atoms with van der Waals surface area (Å²) in [6.07, 6.45) is 2.31. The molecule has 3 heteroatoms. The van der Waals surface area contributed by atoms with Crippen LogP contribution in [-0.4, -0.2) is 20.2 Å². The van der Waals surface area contributed by atoms with Gasteiger partial charge >= 0.3 is 5.97 Å². The summed E-state index contributed by atoms with van der Waals surface area (Å²) >= 11 is 0. The van der Waals surface area contributed by atoms with Gasteiger partial charge in [-0.15, -0.1) is 0 Å². The monoisotopic (exact) mass is 296 g/mol. The maximum absolute atomic E-state index is 11.4. The lowest BCUT2D eigenvalue weighted by Crippen LogP contribution is -1.96. The van der Waals surface area contributed by atoms with Crippen molar-refractivity contribution in [1.82, 2.24) is 0 Å². The fourth-order valence-corrected chi connectivity index (χ4v) is 2.27. The molecular formula is C19H20O3. The van der Waals surface area contributed by atoms with Gasteiger partial charge in [-0.2, -0.15) is 0 Å². The number of ether oxygens (including phenoxy) is 2. The fourth-order valence-electron chi connectivity index (χ4n) is 2.27. The molecule has 0 aliphatic rings. The van der Waals surface area contributed by atoms with Crippen molar-refractivity contribution < 1.29 is 14.3 Å². The van der Waals surface area contributed by atoms with E-state index in [-0.39, 0.29) is 5.97 Å². The van der Waals surface area contributed by atoms with Gasteiger partial charge in [0.2, 0.25) is 0 Å². The lowest BCUT2D eigenvalue weighted by Gasteiger charge is -2.08. The van der Waals surface area contributed by atoms with E-state index in [1.54, 1.807) is 13.2 Å². The van der Waals surface area contributed by atoms with Gasteiger partial charge in [0, 0.05) is 6.08 Å². The van der Waals surface area contributed by atoms with Crippen molar-refractivity contribution in [2.75, 3.05) is 14.2 Å². The summed E-state index contributed by atoms with van der Waals surface area (Å²) in [5.74, 6) is 0.509. The number of carbonyl (C=O) groups excluding carboxylic acids is 1. The molecule has 0 atom stereocenters. The quantitative estimate of drug-likeness (QED) is 0.608. The molecule has 0 saturated carbocycles. The van der Waals surface area contributed by atoms with Crippen molar-refractivity contribution in [2.24, 2.45) is 0 Å². The number of rotatable bonds is 5. The summed E-state index contributed by atoms with van der Waals surface area (Å²) < 4.78 is 9.94. The number of esters is 1. The summed E-state index contributed by atoms with van der Waals surface area (Å²) in [6.45, 7) is 2.02. The molecule has 2 rings (SSSR count). The van der Waals surface area contributed by atoms with E-state index in [9.17, 15) is 4.79 Å². The van der Waals surface area contributed by atoms with Crippen LogP contribution in [-0.2, 0) is 9.53 Å². The van der Waals surface area contributed by atoms with Crippen LogP contribution in [0.1, 0.15) is 18.9 Å². The molecule has 2 aromatic carbocycles. The minimum atomic E-state index is -0.325. The predicted octanol–water partition coefficient (Wildman–Crippen LogP) is 4.33. The van der Waals surface area contributed by atoms with Crippen LogP contribution in [0.4, 0.5) is 0 Å². The Morgan fingerprint density at radius 1 is 1.05 bits per heavy atom.